The van der Waals surface area contributed by atoms with Crippen LogP contribution < -0.4 is 5.11 Å². The van der Waals surface area contributed by atoms with Crippen molar-refractivity contribution < 1.29 is 23.9 Å². The molecule has 7 heteroatoms. The van der Waals surface area contributed by atoms with E-state index in [9.17, 15) is 19.5 Å². The van der Waals surface area contributed by atoms with Crippen LogP contribution in [0.4, 0.5) is 0 Å². The molecule has 1 aromatic heterocycles. The zero-order chi connectivity index (χ0) is 14.5. The molecule has 1 fully saturated rings. The number of carboxylic acid groups (broad SMARTS) is 1. The van der Waals surface area contributed by atoms with Crippen LogP contribution in [0.3, 0.4) is 0 Å². The molecule has 0 spiro atoms. The summed E-state index contributed by atoms with van der Waals surface area (Å²) in [7, 11) is 0. The number of nitrogens with zero attached hydrogens (tertiary/aromatic N) is 2. The first kappa shape index (κ1) is 14.1. The third-order valence-electron chi connectivity index (χ3n) is 3.19. The average Bonchev–Trinajstić information content (AvgIpc) is 2.98. The van der Waals surface area contributed by atoms with Gasteiger partial charge in [0.05, 0.1) is 6.26 Å². The first-order valence-corrected chi connectivity index (χ1v) is 6.38. The molecule has 0 N–H and O–H groups in total. The molecule has 108 valence electrons. The smallest absolute Gasteiger partial charge is 0.289 e. The van der Waals surface area contributed by atoms with Gasteiger partial charge in [0, 0.05) is 38.6 Å². The number of hydrogen-bond donors (Lipinski definition) is 0. The molecule has 2 rings (SSSR count). The van der Waals surface area contributed by atoms with E-state index in [-0.39, 0.29) is 30.4 Å². The van der Waals surface area contributed by atoms with Crippen molar-refractivity contribution in [1.82, 2.24) is 9.80 Å². The van der Waals surface area contributed by atoms with Crippen LogP contribution in [-0.2, 0) is 9.59 Å². The second-order valence-corrected chi connectivity index (χ2v) is 4.52. The number of carbonyl (C=O) groups excluding carboxylic acids is 3. The number of piperazine rings is 1. The van der Waals surface area contributed by atoms with Gasteiger partial charge in [0.25, 0.3) is 5.91 Å². The van der Waals surface area contributed by atoms with Crippen molar-refractivity contribution in [2.45, 2.75) is 12.8 Å². The van der Waals surface area contributed by atoms with E-state index in [1.54, 1.807) is 21.9 Å². The van der Waals surface area contributed by atoms with E-state index in [4.69, 9.17) is 4.42 Å². The van der Waals surface area contributed by atoms with Crippen LogP contribution >= 0.6 is 0 Å². The van der Waals surface area contributed by atoms with Crippen LogP contribution in [0.25, 0.3) is 0 Å². The number of carboxylic acids is 1. The molecule has 2 heterocycles. The SMILES string of the molecule is O=C([O-])CCC(=O)N1CCN(C(=O)c2ccco2)CC1. The van der Waals surface area contributed by atoms with Crippen molar-refractivity contribution in [3.8, 4) is 0 Å². The van der Waals surface area contributed by atoms with E-state index < -0.39 is 5.97 Å². The van der Waals surface area contributed by atoms with Gasteiger partial charge in [-0.3, -0.25) is 9.59 Å². The Labute approximate surface area is 115 Å². The zero-order valence-electron chi connectivity index (χ0n) is 10.9. The highest BCUT2D eigenvalue weighted by Gasteiger charge is 2.25. The van der Waals surface area contributed by atoms with Crippen molar-refractivity contribution in [3.63, 3.8) is 0 Å². The maximum atomic E-state index is 12.0. The van der Waals surface area contributed by atoms with E-state index in [0.29, 0.717) is 26.2 Å². The Kier molecular flexibility index (Phi) is 4.39. The van der Waals surface area contributed by atoms with Crippen LogP contribution in [0.15, 0.2) is 22.8 Å². The van der Waals surface area contributed by atoms with Gasteiger partial charge in [0.15, 0.2) is 5.76 Å². The van der Waals surface area contributed by atoms with Crippen molar-refractivity contribution in [2.24, 2.45) is 0 Å². The summed E-state index contributed by atoms with van der Waals surface area (Å²) in [5, 5.41) is 10.3. The number of hydrogen-bond acceptors (Lipinski definition) is 5. The second kappa shape index (κ2) is 6.23. The minimum atomic E-state index is -1.23. The van der Waals surface area contributed by atoms with Gasteiger partial charge >= 0.3 is 0 Å². The van der Waals surface area contributed by atoms with Gasteiger partial charge in [-0.15, -0.1) is 0 Å². The monoisotopic (exact) mass is 279 g/mol. The third-order valence-corrected chi connectivity index (χ3v) is 3.19. The van der Waals surface area contributed by atoms with E-state index >= 15 is 0 Å². The lowest BCUT2D eigenvalue weighted by molar-refractivity contribution is -0.305. The number of furan rings is 1. The summed E-state index contributed by atoms with van der Waals surface area (Å²) in [6, 6.07) is 3.24. The number of carbonyl (C=O) groups is 3. The average molecular weight is 279 g/mol. The summed E-state index contributed by atoms with van der Waals surface area (Å²) in [4.78, 5) is 37.2. The van der Waals surface area contributed by atoms with Gasteiger partial charge in [0.1, 0.15) is 0 Å². The maximum absolute atomic E-state index is 12.0. The maximum Gasteiger partial charge on any atom is 0.289 e. The second-order valence-electron chi connectivity index (χ2n) is 4.52. The first-order chi connectivity index (χ1) is 9.58. The molecule has 1 saturated heterocycles. The largest absolute Gasteiger partial charge is 0.550 e. The Hall–Kier alpha value is -2.31. The molecule has 0 saturated carbocycles. The molecule has 0 radical (unpaired) electrons. The van der Waals surface area contributed by atoms with Gasteiger partial charge < -0.3 is 24.1 Å². The molecule has 0 aliphatic carbocycles. The van der Waals surface area contributed by atoms with Gasteiger partial charge in [-0.2, -0.15) is 0 Å². The fourth-order valence-electron chi connectivity index (χ4n) is 2.08. The van der Waals surface area contributed by atoms with E-state index in [2.05, 4.69) is 0 Å². The summed E-state index contributed by atoms with van der Waals surface area (Å²) in [6.07, 6.45) is 1.10. The van der Waals surface area contributed by atoms with Crippen molar-refractivity contribution in [2.75, 3.05) is 26.2 Å². The highest BCUT2D eigenvalue weighted by Crippen LogP contribution is 2.10. The molecular formula is C13H15N2O5-. The van der Waals surface area contributed by atoms with Gasteiger partial charge in [-0.25, -0.2) is 0 Å². The Morgan fingerprint density at radius 2 is 1.75 bits per heavy atom. The summed E-state index contributed by atoms with van der Waals surface area (Å²) >= 11 is 0. The molecule has 7 nitrogen and oxygen atoms in total. The topological polar surface area (TPSA) is 93.9 Å². The van der Waals surface area contributed by atoms with Crippen LogP contribution in [0.2, 0.25) is 0 Å². The minimum Gasteiger partial charge on any atom is -0.550 e. The molecule has 20 heavy (non-hydrogen) atoms. The molecule has 2 amide bonds. The lowest BCUT2D eigenvalue weighted by Crippen LogP contribution is -2.50. The molecular weight excluding hydrogens is 264 g/mol. The molecule has 1 aliphatic rings. The number of aliphatic carboxylic acids is 1. The lowest BCUT2D eigenvalue weighted by Gasteiger charge is -2.34. The van der Waals surface area contributed by atoms with Crippen LogP contribution in [0, 0.1) is 0 Å². The highest BCUT2D eigenvalue weighted by atomic mass is 16.4. The predicted molar refractivity (Wildman–Crippen MR) is 65.4 cm³/mol. The fraction of sp³-hybridized carbons (Fsp3) is 0.462. The molecule has 0 unspecified atom stereocenters. The molecule has 1 aromatic rings. The summed E-state index contributed by atoms with van der Waals surface area (Å²) in [6.45, 7) is 1.63. The Balaban J connectivity index is 1.82. The highest BCUT2D eigenvalue weighted by molar-refractivity contribution is 5.91. The minimum absolute atomic E-state index is 0.0610. The number of rotatable bonds is 4. The Morgan fingerprint density at radius 3 is 2.30 bits per heavy atom. The standard InChI is InChI=1S/C13H16N2O5/c16-11(3-4-12(17)18)14-5-7-15(8-6-14)13(19)10-2-1-9-20-10/h1-2,9H,3-8H2,(H,17,18)/p-1. The van der Waals surface area contributed by atoms with Crippen LogP contribution in [0.5, 0.6) is 0 Å². The molecule has 0 aromatic carbocycles. The third kappa shape index (κ3) is 3.37. The van der Waals surface area contributed by atoms with Crippen molar-refractivity contribution in [1.29, 1.82) is 0 Å². The zero-order valence-corrected chi connectivity index (χ0v) is 10.9. The summed E-state index contributed by atoms with van der Waals surface area (Å²) < 4.78 is 5.04. The van der Waals surface area contributed by atoms with Crippen molar-refractivity contribution >= 4 is 17.8 Å². The van der Waals surface area contributed by atoms with E-state index in [1.165, 1.54) is 6.26 Å². The van der Waals surface area contributed by atoms with Gasteiger partial charge in [-0.05, 0) is 18.6 Å². The summed E-state index contributed by atoms with van der Waals surface area (Å²) in [5.74, 6) is -1.37. The number of amides is 2. The molecule has 0 atom stereocenters. The van der Waals surface area contributed by atoms with Gasteiger partial charge in [0.2, 0.25) is 5.91 Å². The van der Waals surface area contributed by atoms with E-state index in [0.717, 1.165) is 0 Å². The Morgan fingerprint density at radius 1 is 1.10 bits per heavy atom. The van der Waals surface area contributed by atoms with Crippen LogP contribution in [0.1, 0.15) is 23.4 Å². The first-order valence-electron chi connectivity index (χ1n) is 6.38. The van der Waals surface area contributed by atoms with Crippen LogP contribution in [-0.4, -0.2) is 53.8 Å². The normalized spacial score (nSPS) is 15.2. The van der Waals surface area contributed by atoms with E-state index in [1.807, 2.05) is 0 Å². The summed E-state index contributed by atoms with van der Waals surface area (Å²) in [5.41, 5.74) is 0. The van der Waals surface area contributed by atoms with Gasteiger partial charge in [-0.1, -0.05) is 0 Å². The lowest BCUT2D eigenvalue weighted by atomic mass is 10.2. The predicted octanol–water partition coefficient (Wildman–Crippen LogP) is -0.906. The quantitative estimate of drug-likeness (QED) is 0.711. The molecule has 1 aliphatic heterocycles. The van der Waals surface area contributed by atoms with Crippen molar-refractivity contribution in [3.05, 3.63) is 24.2 Å². The fourth-order valence-corrected chi connectivity index (χ4v) is 2.08. The Bertz CT molecular complexity index is 489. The molecule has 0 bridgehead atoms.